The summed E-state index contributed by atoms with van der Waals surface area (Å²) in [6, 6.07) is 2.66. The average molecular weight is 224 g/mol. The first-order chi connectivity index (χ1) is 7.85. The lowest BCUT2D eigenvalue weighted by Crippen LogP contribution is -2.44. The van der Waals surface area contributed by atoms with Gasteiger partial charge in [0, 0.05) is 18.5 Å². The van der Waals surface area contributed by atoms with Gasteiger partial charge in [0.1, 0.15) is 0 Å². The molecule has 16 heavy (non-hydrogen) atoms. The van der Waals surface area contributed by atoms with E-state index in [4.69, 9.17) is 15.1 Å². The van der Waals surface area contributed by atoms with Crippen LogP contribution >= 0.6 is 0 Å². The van der Waals surface area contributed by atoms with Crippen molar-refractivity contribution in [2.45, 2.75) is 50.4 Å². The smallest absolute Gasteiger partial charge is 0.0713 e. The summed E-state index contributed by atoms with van der Waals surface area (Å²) < 4.78 is 5.89. The molecule has 2 N–H and O–H groups in total. The normalized spacial score (nSPS) is 38.0. The van der Waals surface area contributed by atoms with Crippen LogP contribution in [0.15, 0.2) is 0 Å². The van der Waals surface area contributed by atoms with Gasteiger partial charge in [-0.1, -0.05) is 0 Å². The Bertz CT molecular complexity index is 264. The Morgan fingerprint density at radius 3 is 3.06 bits per heavy atom. The zero-order chi connectivity index (χ0) is 11.4. The predicted molar refractivity (Wildman–Crippen MR) is 59.7 cm³/mol. The van der Waals surface area contributed by atoms with Gasteiger partial charge in [0.05, 0.1) is 31.3 Å². The van der Waals surface area contributed by atoms with E-state index in [-0.39, 0.29) is 12.7 Å². The quantitative estimate of drug-likeness (QED) is 0.741. The first kappa shape index (κ1) is 11.8. The Hall–Kier alpha value is -0.630. The van der Waals surface area contributed by atoms with Crippen LogP contribution in [0.5, 0.6) is 0 Å². The molecule has 0 spiro atoms. The van der Waals surface area contributed by atoms with E-state index >= 15 is 0 Å². The maximum absolute atomic E-state index is 8.84. The van der Waals surface area contributed by atoms with E-state index in [1.165, 1.54) is 12.8 Å². The molecule has 2 aliphatic rings. The fourth-order valence-corrected chi connectivity index (χ4v) is 3.05. The molecule has 4 heteroatoms. The SMILES string of the molecule is N#CCC1CC2C(NCCO)CCCC2O1. The molecule has 0 aromatic rings. The van der Waals surface area contributed by atoms with Gasteiger partial charge in [-0.05, 0) is 25.7 Å². The minimum Gasteiger partial charge on any atom is -0.395 e. The maximum atomic E-state index is 8.84. The van der Waals surface area contributed by atoms with Crippen molar-refractivity contribution in [3.63, 3.8) is 0 Å². The lowest BCUT2D eigenvalue weighted by Gasteiger charge is -2.33. The number of nitriles is 1. The van der Waals surface area contributed by atoms with E-state index in [1.807, 2.05) is 0 Å². The van der Waals surface area contributed by atoms with Gasteiger partial charge < -0.3 is 15.2 Å². The van der Waals surface area contributed by atoms with Crippen LogP contribution in [0, 0.1) is 17.2 Å². The van der Waals surface area contributed by atoms with E-state index in [9.17, 15) is 0 Å². The first-order valence-corrected chi connectivity index (χ1v) is 6.21. The standard InChI is InChI=1S/C12H20N2O2/c13-5-4-9-8-10-11(14-6-7-15)2-1-3-12(10)16-9/h9-12,14-15H,1-4,6-8H2. The topological polar surface area (TPSA) is 65.3 Å². The van der Waals surface area contributed by atoms with Crippen LogP contribution in [-0.2, 0) is 4.74 Å². The molecular weight excluding hydrogens is 204 g/mol. The van der Waals surface area contributed by atoms with Gasteiger partial charge in [-0.2, -0.15) is 5.26 Å². The Morgan fingerprint density at radius 1 is 1.44 bits per heavy atom. The molecule has 2 fully saturated rings. The molecule has 0 aromatic carbocycles. The Kier molecular flexibility index (Phi) is 4.16. The third kappa shape index (κ3) is 2.54. The molecule has 4 atom stereocenters. The monoisotopic (exact) mass is 224 g/mol. The van der Waals surface area contributed by atoms with Gasteiger partial charge in [0.25, 0.3) is 0 Å². The zero-order valence-electron chi connectivity index (χ0n) is 9.56. The second-order valence-corrected chi connectivity index (χ2v) is 4.77. The molecule has 2 rings (SSSR count). The second-order valence-electron chi connectivity index (χ2n) is 4.77. The van der Waals surface area contributed by atoms with Crippen molar-refractivity contribution >= 4 is 0 Å². The van der Waals surface area contributed by atoms with Crippen molar-refractivity contribution in [2.75, 3.05) is 13.2 Å². The third-order valence-electron chi connectivity index (χ3n) is 3.74. The second kappa shape index (κ2) is 5.62. The summed E-state index contributed by atoms with van der Waals surface area (Å²) in [6.07, 6.45) is 5.47. The van der Waals surface area contributed by atoms with Crippen LogP contribution in [0.1, 0.15) is 32.1 Å². The number of nitrogens with zero attached hydrogens (tertiary/aromatic N) is 1. The minimum absolute atomic E-state index is 0.136. The molecule has 0 radical (unpaired) electrons. The van der Waals surface area contributed by atoms with Crippen LogP contribution in [-0.4, -0.2) is 36.5 Å². The molecule has 90 valence electrons. The van der Waals surface area contributed by atoms with Crippen LogP contribution in [0.2, 0.25) is 0 Å². The lowest BCUT2D eigenvalue weighted by atomic mass is 9.81. The predicted octanol–water partition coefficient (Wildman–Crippen LogP) is 0.808. The zero-order valence-corrected chi connectivity index (χ0v) is 9.56. The maximum Gasteiger partial charge on any atom is 0.0713 e. The van der Waals surface area contributed by atoms with Crippen LogP contribution in [0.4, 0.5) is 0 Å². The molecular formula is C12H20N2O2. The summed E-state index contributed by atoms with van der Waals surface area (Å²) in [4.78, 5) is 0. The molecule has 1 heterocycles. The van der Waals surface area contributed by atoms with Crippen LogP contribution in [0.25, 0.3) is 0 Å². The molecule has 1 aliphatic heterocycles. The average Bonchev–Trinajstić information content (AvgIpc) is 2.69. The highest BCUT2D eigenvalue weighted by Crippen LogP contribution is 2.38. The molecule has 0 amide bonds. The Balaban J connectivity index is 1.90. The number of fused-ring (bicyclic) bond motifs is 1. The van der Waals surface area contributed by atoms with E-state index in [2.05, 4.69) is 11.4 Å². The van der Waals surface area contributed by atoms with Gasteiger partial charge in [-0.3, -0.25) is 0 Å². The van der Waals surface area contributed by atoms with Gasteiger partial charge in [0.2, 0.25) is 0 Å². The fourth-order valence-electron chi connectivity index (χ4n) is 3.05. The number of nitrogens with one attached hydrogen (secondary N) is 1. The number of aliphatic hydroxyl groups excluding tert-OH is 1. The number of hydrogen-bond acceptors (Lipinski definition) is 4. The number of rotatable bonds is 4. The van der Waals surface area contributed by atoms with Gasteiger partial charge in [-0.25, -0.2) is 0 Å². The summed E-state index contributed by atoms with van der Waals surface area (Å²) in [5.74, 6) is 0.540. The summed E-state index contributed by atoms with van der Waals surface area (Å²) in [5, 5.41) is 20.9. The summed E-state index contributed by atoms with van der Waals surface area (Å²) in [5.41, 5.74) is 0. The van der Waals surface area contributed by atoms with Crippen LogP contribution in [0.3, 0.4) is 0 Å². The highest BCUT2D eigenvalue weighted by Gasteiger charge is 2.41. The Labute approximate surface area is 96.6 Å². The van der Waals surface area contributed by atoms with Crippen molar-refractivity contribution in [2.24, 2.45) is 5.92 Å². The molecule has 0 bridgehead atoms. The minimum atomic E-state index is 0.136. The third-order valence-corrected chi connectivity index (χ3v) is 3.74. The molecule has 1 aliphatic carbocycles. The number of ether oxygens (including phenoxy) is 1. The van der Waals surface area contributed by atoms with E-state index in [1.54, 1.807) is 0 Å². The van der Waals surface area contributed by atoms with E-state index < -0.39 is 0 Å². The van der Waals surface area contributed by atoms with Crippen LogP contribution < -0.4 is 5.32 Å². The largest absolute Gasteiger partial charge is 0.395 e. The molecule has 0 aromatic heterocycles. The van der Waals surface area contributed by atoms with Gasteiger partial charge in [0.15, 0.2) is 0 Å². The highest BCUT2D eigenvalue weighted by atomic mass is 16.5. The number of aliphatic hydroxyl groups is 1. The fraction of sp³-hybridized carbons (Fsp3) is 0.917. The van der Waals surface area contributed by atoms with Gasteiger partial charge in [-0.15, -0.1) is 0 Å². The lowest BCUT2D eigenvalue weighted by molar-refractivity contribution is 0.0137. The van der Waals surface area contributed by atoms with Crippen molar-refractivity contribution in [3.8, 4) is 6.07 Å². The van der Waals surface area contributed by atoms with Crippen molar-refractivity contribution in [1.29, 1.82) is 5.26 Å². The highest BCUT2D eigenvalue weighted by molar-refractivity contribution is 4.95. The van der Waals surface area contributed by atoms with Crippen molar-refractivity contribution in [3.05, 3.63) is 0 Å². The molecule has 4 nitrogen and oxygen atoms in total. The summed E-state index contributed by atoms with van der Waals surface area (Å²) in [7, 11) is 0. The summed E-state index contributed by atoms with van der Waals surface area (Å²) >= 11 is 0. The number of hydrogen-bond donors (Lipinski definition) is 2. The van der Waals surface area contributed by atoms with Crippen molar-refractivity contribution < 1.29 is 9.84 Å². The van der Waals surface area contributed by atoms with Crippen molar-refractivity contribution in [1.82, 2.24) is 5.32 Å². The van der Waals surface area contributed by atoms with E-state index in [0.29, 0.717) is 31.0 Å². The van der Waals surface area contributed by atoms with E-state index in [0.717, 1.165) is 12.8 Å². The van der Waals surface area contributed by atoms with Gasteiger partial charge >= 0.3 is 0 Å². The first-order valence-electron chi connectivity index (χ1n) is 6.21. The molecule has 4 unspecified atom stereocenters. The Morgan fingerprint density at radius 2 is 2.31 bits per heavy atom. The molecule has 1 saturated heterocycles. The summed E-state index contributed by atoms with van der Waals surface area (Å²) in [6.45, 7) is 0.854. The molecule has 1 saturated carbocycles.